The number of fused-ring (bicyclic) bond motifs is 5. The third-order valence-corrected chi connectivity index (χ3v) is 7.50. The number of hydrogen-bond acceptors (Lipinski definition) is 4. The molecule has 26 heavy (non-hydrogen) atoms. The summed E-state index contributed by atoms with van der Waals surface area (Å²) in [5.41, 5.74) is 0.563. The number of aliphatic hydroxyl groups excluding tert-OH is 1. The van der Waals surface area contributed by atoms with Gasteiger partial charge in [-0.3, -0.25) is 0 Å². The standard InChI is InChI=1S/C22H28O4/c1-4-9-22(25)19(24)11-17-16-7-5-13-10-14(23)6-8-15(13)20(16)18(26-3)12-21(17,22)2/h6,8,10,16-20,23-25H,5,7,11-12H2,1-3H3/t16-,17-,18-,19+,20+,21-,22-/m0/s1. The van der Waals surface area contributed by atoms with Crippen LogP contribution >= 0.6 is 0 Å². The van der Waals surface area contributed by atoms with Crippen LogP contribution in [0.2, 0.25) is 0 Å². The zero-order valence-corrected chi connectivity index (χ0v) is 15.7. The zero-order valence-electron chi connectivity index (χ0n) is 15.7. The van der Waals surface area contributed by atoms with Crippen LogP contribution in [0.15, 0.2) is 18.2 Å². The predicted octanol–water partition coefficient (Wildman–Crippen LogP) is 2.60. The van der Waals surface area contributed by atoms with Gasteiger partial charge in [0.25, 0.3) is 0 Å². The number of ether oxygens (including phenoxy) is 1. The van der Waals surface area contributed by atoms with Crippen LogP contribution in [-0.4, -0.2) is 40.2 Å². The number of phenolic OH excluding ortho intramolecular Hbond substituents is 1. The quantitative estimate of drug-likeness (QED) is 0.677. The highest BCUT2D eigenvalue weighted by Crippen LogP contribution is 2.64. The van der Waals surface area contributed by atoms with Gasteiger partial charge in [0.05, 0.1) is 12.2 Å². The molecular weight excluding hydrogens is 328 g/mol. The number of aliphatic hydroxyl groups is 2. The molecule has 3 aliphatic rings. The van der Waals surface area contributed by atoms with Crippen molar-refractivity contribution in [3.63, 3.8) is 0 Å². The van der Waals surface area contributed by atoms with Gasteiger partial charge in [-0.2, -0.15) is 0 Å². The molecule has 4 nitrogen and oxygen atoms in total. The number of benzene rings is 1. The van der Waals surface area contributed by atoms with Crippen LogP contribution < -0.4 is 0 Å². The van der Waals surface area contributed by atoms with Crippen molar-refractivity contribution in [1.82, 2.24) is 0 Å². The summed E-state index contributed by atoms with van der Waals surface area (Å²) in [7, 11) is 1.73. The molecule has 3 N–H and O–H groups in total. The average Bonchev–Trinajstić information content (AvgIpc) is 2.81. The Labute approximate surface area is 155 Å². The van der Waals surface area contributed by atoms with Gasteiger partial charge >= 0.3 is 0 Å². The number of aromatic hydroxyl groups is 1. The van der Waals surface area contributed by atoms with Gasteiger partial charge in [0.15, 0.2) is 5.60 Å². The fraction of sp³-hybridized carbons (Fsp3) is 0.636. The molecule has 7 atom stereocenters. The summed E-state index contributed by atoms with van der Waals surface area (Å²) in [5, 5.41) is 31.9. The van der Waals surface area contributed by atoms with E-state index in [-0.39, 0.29) is 17.9 Å². The lowest BCUT2D eigenvalue weighted by molar-refractivity contribution is -0.134. The molecule has 140 valence electrons. The Bertz CT molecular complexity index is 778. The van der Waals surface area contributed by atoms with E-state index in [1.165, 1.54) is 11.1 Å². The Hall–Kier alpha value is -1.54. The first kappa shape index (κ1) is 17.9. The third kappa shape index (κ3) is 2.21. The van der Waals surface area contributed by atoms with Crippen LogP contribution in [0.4, 0.5) is 0 Å². The lowest BCUT2D eigenvalue weighted by atomic mass is 9.52. The second-order valence-corrected chi connectivity index (χ2v) is 8.51. The average molecular weight is 356 g/mol. The van der Waals surface area contributed by atoms with Crippen LogP contribution in [0.5, 0.6) is 5.75 Å². The van der Waals surface area contributed by atoms with E-state index >= 15 is 0 Å². The van der Waals surface area contributed by atoms with E-state index in [2.05, 4.69) is 18.8 Å². The normalized spacial score (nSPS) is 43.7. The third-order valence-electron chi connectivity index (χ3n) is 7.50. The predicted molar refractivity (Wildman–Crippen MR) is 98.7 cm³/mol. The molecule has 4 rings (SSSR count). The number of methoxy groups -OCH3 is 1. The lowest BCUT2D eigenvalue weighted by Gasteiger charge is -2.54. The maximum absolute atomic E-state index is 11.3. The molecule has 0 aliphatic heterocycles. The largest absolute Gasteiger partial charge is 0.508 e. The molecule has 0 unspecified atom stereocenters. The molecule has 0 radical (unpaired) electrons. The number of phenols is 1. The minimum atomic E-state index is -1.39. The molecule has 0 aromatic heterocycles. The fourth-order valence-electron chi connectivity index (χ4n) is 6.27. The first-order valence-corrected chi connectivity index (χ1v) is 9.54. The minimum absolute atomic E-state index is 0.0414. The highest BCUT2D eigenvalue weighted by molar-refractivity contribution is 5.42. The molecule has 1 aromatic carbocycles. The Balaban J connectivity index is 1.81. The van der Waals surface area contributed by atoms with Gasteiger partial charge in [0.2, 0.25) is 0 Å². The van der Waals surface area contributed by atoms with Crippen molar-refractivity contribution < 1.29 is 20.1 Å². The van der Waals surface area contributed by atoms with E-state index in [1.807, 2.05) is 12.1 Å². The SMILES string of the molecule is CC#C[C@]1(O)[C@H](O)C[C@H]2[C@@H]3CCc4cc(O)ccc4[C@H]3[C@@H](OC)C[C@@]21C. The van der Waals surface area contributed by atoms with E-state index in [0.29, 0.717) is 24.5 Å². The van der Waals surface area contributed by atoms with Gasteiger partial charge in [-0.25, -0.2) is 0 Å². The number of rotatable bonds is 1. The molecule has 4 heteroatoms. The monoisotopic (exact) mass is 356 g/mol. The van der Waals surface area contributed by atoms with E-state index in [4.69, 9.17) is 4.74 Å². The first-order chi connectivity index (χ1) is 12.4. The van der Waals surface area contributed by atoms with Crippen LogP contribution in [-0.2, 0) is 11.2 Å². The zero-order chi connectivity index (χ0) is 18.7. The maximum Gasteiger partial charge on any atom is 0.156 e. The van der Waals surface area contributed by atoms with Crippen LogP contribution in [0.25, 0.3) is 0 Å². The van der Waals surface area contributed by atoms with E-state index in [9.17, 15) is 15.3 Å². The molecule has 2 fully saturated rings. The Morgan fingerprint density at radius 1 is 1.31 bits per heavy atom. The molecule has 2 saturated carbocycles. The van der Waals surface area contributed by atoms with Crippen molar-refractivity contribution >= 4 is 0 Å². The summed E-state index contributed by atoms with van der Waals surface area (Å²) >= 11 is 0. The molecule has 0 spiro atoms. The summed E-state index contributed by atoms with van der Waals surface area (Å²) in [6, 6.07) is 5.65. The van der Waals surface area contributed by atoms with E-state index in [0.717, 1.165) is 12.8 Å². The van der Waals surface area contributed by atoms with E-state index < -0.39 is 17.1 Å². The molecule has 1 aromatic rings. The smallest absolute Gasteiger partial charge is 0.156 e. The van der Waals surface area contributed by atoms with Crippen molar-refractivity contribution in [2.45, 2.75) is 63.3 Å². The molecule has 0 amide bonds. The Morgan fingerprint density at radius 2 is 2.08 bits per heavy atom. The van der Waals surface area contributed by atoms with Crippen LogP contribution in [0.1, 0.15) is 50.2 Å². The molecule has 0 heterocycles. The van der Waals surface area contributed by atoms with E-state index in [1.54, 1.807) is 20.1 Å². The number of hydrogen-bond donors (Lipinski definition) is 3. The first-order valence-electron chi connectivity index (χ1n) is 9.54. The van der Waals surface area contributed by atoms with Gasteiger partial charge in [0, 0.05) is 18.4 Å². The van der Waals surface area contributed by atoms with Gasteiger partial charge in [-0.1, -0.05) is 18.9 Å². The van der Waals surface area contributed by atoms with Gasteiger partial charge in [0.1, 0.15) is 5.75 Å². The van der Waals surface area contributed by atoms with Crippen LogP contribution in [0, 0.1) is 29.1 Å². The maximum atomic E-state index is 11.3. The lowest BCUT2D eigenvalue weighted by Crippen LogP contribution is -2.57. The van der Waals surface area contributed by atoms with Crippen molar-refractivity contribution in [2.24, 2.45) is 17.3 Å². The molecule has 3 aliphatic carbocycles. The van der Waals surface area contributed by atoms with Gasteiger partial charge < -0.3 is 20.1 Å². The Kier molecular flexibility index (Phi) is 4.11. The van der Waals surface area contributed by atoms with Gasteiger partial charge in [-0.15, -0.1) is 5.92 Å². The van der Waals surface area contributed by atoms with Crippen LogP contribution in [0.3, 0.4) is 0 Å². The van der Waals surface area contributed by atoms with Crippen molar-refractivity contribution in [2.75, 3.05) is 7.11 Å². The fourth-order valence-corrected chi connectivity index (χ4v) is 6.27. The highest BCUT2D eigenvalue weighted by Gasteiger charge is 2.67. The second-order valence-electron chi connectivity index (χ2n) is 8.51. The molecule has 0 bridgehead atoms. The van der Waals surface area contributed by atoms with Crippen molar-refractivity contribution in [3.05, 3.63) is 29.3 Å². The molecular formula is C22H28O4. The summed E-state index contributed by atoms with van der Waals surface area (Å²) in [5.74, 6) is 6.84. The van der Waals surface area contributed by atoms with Crippen molar-refractivity contribution in [1.29, 1.82) is 0 Å². The van der Waals surface area contributed by atoms with Gasteiger partial charge in [-0.05, 0) is 67.7 Å². The topological polar surface area (TPSA) is 69.9 Å². The summed E-state index contributed by atoms with van der Waals surface area (Å²) in [6.45, 7) is 3.79. The second kappa shape index (κ2) is 5.99. The highest BCUT2D eigenvalue weighted by atomic mass is 16.5. The summed E-state index contributed by atoms with van der Waals surface area (Å²) in [6.07, 6.45) is 2.25. The summed E-state index contributed by atoms with van der Waals surface area (Å²) < 4.78 is 5.92. The number of aryl methyl sites for hydroxylation is 1. The summed E-state index contributed by atoms with van der Waals surface area (Å²) in [4.78, 5) is 0. The minimum Gasteiger partial charge on any atom is -0.508 e. The van der Waals surface area contributed by atoms with Crippen molar-refractivity contribution in [3.8, 4) is 17.6 Å². The molecule has 0 saturated heterocycles. The Morgan fingerprint density at radius 3 is 2.77 bits per heavy atom.